The van der Waals surface area contributed by atoms with Crippen molar-refractivity contribution in [1.29, 1.82) is 0 Å². The number of fused-ring (bicyclic) bond motifs is 1. The molecule has 2 aliphatic heterocycles. The van der Waals surface area contributed by atoms with Crippen LogP contribution in [-0.2, 0) is 23.7 Å². The first-order valence-corrected chi connectivity index (χ1v) is 9.98. The Balaban J connectivity index is 1.42. The lowest BCUT2D eigenvalue weighted by atomic mass is 10.1. The summed E-state index contributed by atoms with van der Waals surface area (Å²) in [5, 5.41) is 26.3. The summed E-state index contributed by atoms with van der Waals surface area (Å²) in [6.07, 6.45) is -1.93. The van der Waals surface area contributed by atoms with Crippen LogP contribution in [0, 0.1) is 0 Å². The van der Waals surface area contributed by atoms with Crippen LogP contribution in [0.2, 0.25) is 0 Å². The van der Waals surface area contributed by atoms with E-state index in [4.69, 9.17) is 14.2 Å². The Bertz CT molecular complexity index is 964. The number of nitrogens with one attached hydrogen (secondary N) is 2. The Morgan fingerprint density at radius 2 is 2.12 bits per heavy atom. The van der Waals surface area contributed by atoms with Crippen molar-refractivity contribution >= 4 is 29.0 Å². The first kappa shape index (κ1) is 22.1. The number of esters is 1. The van der Waals surface area contributed by atoms with E-state index in [1.165, 1.54) is 24.3 Å². The van der Waals surface area contributed by atoms with Gasteiger partial charge in [0.25, 0.3) is 0 Å². The number of ether oxygens (including phenoxy) is 4. The second kappa shape index (κ2) is 9.60. The molecular weight excluding hydrogens is 428 g/mol. The Labute approximate surface area is 181 Å². The van der Waals surface area contributed by atoms with E-state index in [1.54, 1.807) is 0 Å². The van der Waals surface area contributed by atoms with E-state index in [2.05, 4.69) is 30.3 Å². The van der Waals surface area contributed by atoms with E-state index < -0.39 is 36.6 Å². The lowest BCUT2D eigenvalue weighted by Gasteiger charge is -2.17. The number of anilines is 1. The van der Waals surface area contributed by atoms with Crippen LogP contribution in [0.3, 0.4) is 0 Å². The monoisotopic (exact) mass is 452 g/mol. The molecule has 4 rings (SSSR count). The van der Waals surface area contributed by atoms with Gasteiger partial charge in [0.15, 0.2) is 23.2 Å². The molecule has 0 saturated carbocycles. The molecule has 4 N–H and O–H groups in total. The second-order valence-electron chi connectivity index (χ2n) is 7.33. The average molecular weight is 452 g/mol. The Morgan fingerprint density at radius 3 is 2.88 bits per heavy atom. The van der Waals surface area contributed by atoms with Crippen LogP contribution < -0.4 is 10.6 Å². The summed E-state index contributed by atoms with van der Waals surface area (Å²) in [5.41, 5.74) is 0.877. The highest BCUT2D eigenvalue weighted by molar-refractivity contribution is 5.83. The fourth-order valence-corrected chi connectivity index (χ4v) is 3.51. The number of aliphatic hydroxyl groups is 2. The van der Waals surface area contributed by atoms with E-state index in [9.17, 15) is 19.8 Å². The largest absolute Gasteiger partial charge is 0.468 e. The second-order valence-corrected chi connectivity index (χ2v) is 7.33. The summed E-state index contributed by atoms with van der Waals surface area (Å²) in [6.45, 7) is 0.527. The smallest absolute Gasteiger partial charge is 0.407 e. The molecule has 174 valence electrons. The molecule has 4 heterocycles. The van der Waals surface area contributed by atoms with Crippen LogP contribution in [0.4, 0.5) is 10.6 Å². The molecule has 0 aromatic carbocycles. The highest BCUT2D eigenvalue weighted by Gasteiger charge is 2.45. The molecule has 0 bridgehead atoms. The van der Waals surface area contributed by atoms with Crippen LogP contribution in [0.25, 0.3) is 11.2 Å². The third kappa shape index (κ3) is 4.57. The van der Waals surface area contributed by atoms with Crippen molar-refractivity contribution in [3.8, 4) is 0 Å². The minimum absolute atomic E-state index is 0.111. The van der Waals surface area contributed by atoms with Crippen molar-refractivity contribution < 1.29 is 38.7 Å². The highest BCUT2D eigenvalue weighted by Crippen LogP contribution is 2.32. The van der Waals surface area contributed by atoms with E-state index in [0.29, 0.717) is 30.2 Å². The van der Waals surface area contributed by atoms with Gasteiger partial charge < -0.3 is 39.8 Å². The number of carbonyl (C=O) groups is 2. The first-order chi connectivity index (χ1) is 15.5. The molecule has 2 aliphatic rings. The van der Waals surface area contributed by atoms with Gasteiger partial charge >= 0.3 is 12.1 Å². The summed E-state index contributed by atoms with van der Waals surface area (Å²) in [7, 11) is 1.19. The number of aromatic nitrogens is 4. The van der Waals surface area contributed by atoms with Gasteiger partial charge in [-0.25, -0.2) is 19.7 Å². The van der Waals surface area contributed by atoms with Crippen LogP contribution in [0.1, 0.15) is 12.6 Å². The zero-order valence-corrected chi connectivity index (χ0v) is 17.2. The SMILES string of the molecule is COC(=O)CNC(=O)OC[C@H]1O[C@@H](n2cnc3c(N[C@@H]4CCOC4)ncnc32)[C@H](O)[C@@H]1O. The lowest BCUT2D eigenvalue weighted by Crippen LogP contribution is -2.37. The van der Waals surface area contributed by atoms with E-state index in [1.807, 2.05) is 0 Å². The van der Waals surface area contributed by atoms with Crippen molar-refractivity contribution in [2.75, 3.05) is 38.8 Å². The fraction of sp³-hybridized carbons (Fsp3) is 0.611. The van der Waals surface area contributed by atoms with Crippen molar-refractivity contribution in [3.05, 3.63) is 12.7 Å². The van der Waals surface area contributed by atoms with Crippen LogP contribution in [0.5, 0.6) is 0 Å². The topological polar surface area (TPSA) is 179 Å². The molecule has 14 heteroatoms. The standard InChI is InChI=1S/C18H24N6O8/c1-29-11(25)4-19-18(28)31-6-10-13(26)14(27)17(32-10)24-8-22-12-15(20-7-21-16(12)24)23-9-2-3-30-5-9/h7-10,13-14,17,26-27H,2-6H2,1H3,(H,19,28)(H,20,21,23)/t9-,10-,13-,14-,17-/m1/s1. The van der Waals surface area contributed by atoms with E-state index in [0.717, 1.165) is 6.42 Å². The minimum Gasteiger partial charge on any atom is -0.468 e. The molecule has 0 unspecified atom stereocenters. The maximum atomic E-state index is 11.7. The van der Waals surface area contributed by atoms with Gasteiger partial charge in [0.1, 0.15) is 37.8 Å². The predicted molar refractivity (Wildman–Crippen MR) is 105 cm³/mol. The van der Waals surface area contributed by atoms with Crippen LogP contribution in [0.15, 0.2) is 12.7 Å². The summed E-state index contributed by atoms with van der Waals surface area (Å²) in [5.74, 6) is -0.114. The molecule has 1 amide bonds. The third-order valence-corrected chi connectivity index (χ3v) is 5.22. The van der Waals surface area contributed by atoms with Gasteiger partial charge in [0, 0.05) is 6.61 Å². The molecule has 2 saturated heterocycles. The number of aliphatic hydroxyl groups excluding tert-OH is 2. The Hall–Kier alpha value is -3.07. The number of alkyl carbamates (subject to hydrolysis) is 1. The Kier molecular flexibility index (Phi) is 6.64. The average Bonchev–Trinajstić information content (AvgIpc) is 3.52. The van der Waals surface area contributed by atoms with Crippen LogP contribution >= 0.6 is 0 Å². The number of amides is 1. The molecule has 2 aromatic heterocycles. The van der Waals surface area contributed by atoms with E-state index >= 15 is 0 Å². The molecule has 14 nitrogen and oxygen atoms in total. The van der Waals surface area contributed by atoms with Crippen molar-refractivity contribution in [2.24, 2.45) is 0 Å². The first-order valence-electron chi connectivity index (χ1n) is 9.98. The van der Waals surface area contributed by atoms with Crippen molar-refractivity contribution in [3.63, 3.8) is 0 Å². The minimum atomic E-state index is -1.33. The van der Waals surface area contributed by atoms with Crippen LogP contribution in [-0.4, -0.2) is 99.6 Å². The molecule has 2 fully saturated rings. The van der Waals surface area contributed by atoms with Gasteiger partial charge in [-0.05, 0) is 6.42 Å². The zero-order valence-electron chi connectivity index (χ0n) is 17.2. The predicted octanol–water partition coefficient (Wildman–Crippen LogP) is -1.45. The number of nitrogens with zero attached hydrogens (tertiary/aromatic N) is 4. The van der Waals surface area contributed by atoms with Crippen molar-refractivity contribution in [2.45, 2.75) is 37.0 Å². The molecule has 5 atom stereocenters. The maximum Gasteiger partial charge on any atom is 0.407 e. The van der Waals surface area contributed by atoms with Gasteiger partial charge in [-0.1, -0.05) is 0 Å². The molecule has 0 aliphatic carbocycles. The number of imidazole rings is 1. The molecule has 0 spiro atoms. The third-order valence-electron chi connectivity index (χ3n) is 5.22. The summed E-state index contributed by atoms with van der Waals surface area (Å²) in [4.78, 5) is 35.5. The fourth-order valence-electron chi connectivity index (χ4n) is 3.51. The normalized spacial score (nSPS) is 27.4. The molecule has 32 heavy (non-hydrogen) atoms. The summed E-state index contributed by atoms with van der Waals surface area (Å²) >= 11 is 0. The van der Waals surface area contributed by atoms with E-state index in [-0.39, 0.29) is 19.2 Å². The maximum absolute atomic E-state index is 11.7. The zero-order chi connectivity index (χ0) is 22.7. The molecule has 2 aromatic rings. The Morgan fingerprint density at radius 1 is 1.28 bits per heavy atom. The van der Waals surface area contributed by atoms with Gasteiger partial charge in [0.05, 0.1) is 26.1 Å². The number of hydrogen-bond donors (Lipinski definition) is 4. The van der Waals surface area contributed by atoms with Gasteiger partial charge in [0.2, 0.25) is 0 Å². The summed E-state index contributed by atoms with van der Waals surface area (Å²) < 4.78 is 22.0. The molecular formula is C18H24N6O8. The van der Waals surface area contributed by atoms with Crippen molar-refractivity contribution in [1.82, 2.24) is 24.8 Å². The number of hydrogen-bond acceptors (Lipinski definition) is 12. The number of carbonyl (C=O) groups excluding carboxylic acids is 2. The van der Waals surface area contributed by atoms with Gasteiger partial charge in [-0.15, -0.1) is 0 Å². The number of methoxy groups -OCH3 is 1. The quantitative estimate of drug-likeness (QED) is 0.359. The van der Waals surface area contributed by atoms with Gasteiger partial charge in [-0.2, -0.15) is 0 Å². The highest BCUT2D eigenvalue weighted by atomic mass is 16.6. The molecule has 0 radical (unpaired) electrons. The lowest BCUT2D eigenvalue weighted by molar-refractivity contribution is -0.139. The number of rotatable bonds is 7. The summed E-state index contributed by atoms with van der Waals surface area (Å²) in [6, 6.07) is 0.111. The van der Waals surface area contributed by atoms with Gasteiger partial charge in [-0.3, -0.25) is 9.36 Å².